The minimum Gasteiger partial charge on any atom is -0.325 e. The van der Waals surface area contributed by atoms with E-state index in [0.29, 0.717) is 11.8 Å². The van der Waals surface area contributed by atoms with Crippen LogP contribution in [0.1, 0.15) is 37.4 Å². The van der Waals surface area contributed by atoms with Crippen molar-refractivity contribution < 1.29 is 0 Å². The molecule has 2 aromatic rings. The maximum Gasteiger partial charge on any atom is 0.256 e. The zero-order valence-corrected chi connectivity index (χ0v) is 11.4. The van der Waals surface area contributed by atoms with Gasteiger partial charge in [-0.15, -0.1) is 0 Å². The largest absolute Gasteiger partial charge is 0.325 e. The van der Waals surface area contributed by atoms with Crippen molar-refractivity contribution in [3.63, 3.8) is 0 Å². The third-order valence-corrected chi connectivity index (χ3v) is 4.42. The van der Waals surface area contributed by atoms with Crippen LogP contribution in [0.5, 0.6) is 0 Å². The van der Waals surface area contributed by atoms with E-state index in [0.717, 1.165) is 23.2 Å². The molecule has 0 bridgehead atoms. The number of aromatic amines is 1. The van der Waals surface area contributed by atoms with Gasteiger partial charge in [-0.3, -0.25) is 4.79 Å². The van der Waals surface area contributed by atoms with E-state index in [4.69, 9.17) is 0 Å². The average molecular weight is 253 g/mol. The van der Waals surface area contributed by atoms with Crippen molar-refractivity contribution in [2.45, 2.75) is 32.6 Å². The molecular weight excluding hydrogens is 234 g/mol. The highest BCUT2D eigenvalue weighted by atomic mass is 16.1. The van der Waals surface area contributed by atoms with Crippen LogP contribution >= 0.6 is 0 Å². The van der Waals surface area contributed by atoms with Crippen LogP contribution in [0.3, 0.4) is 0 Å². The Morgan fingerprint density at radius 3 is 2.63 bits per heavy atom. The van der Waals surface area contributed by atoms with Gasteiger partial charge in [0.25, 0.3) is 5.56 Å². The SMILES string of the molecule is CC1CCc2cc(-c3ccccc3)c(=O)[nH]c2C1C. The van der Waals surface area contributed by atoms with Crippen LogP contribution < -0.4 is 5.56 Å². The fraction of sp³-hybridized carbons (Fsp3) is 0.353. The van der Waals surface area contributed by atoms with E-state index >= 15 is 0 Å². The lowest BCUT2D eigenvalue weighted by Crippen LogP contribution is -2.23. The van der Waals surface area contributed by atoms with Crippen molar-refractivity contribution in [3.8, 4) is 11.1 Å². The maximum absolute atomic E-state index is 12.3. The Labute approximate surface area is 113 Å². The molecule has 1 aromatic heterocycles. The van der Waals surface area contributed by atoms with Crippen LogP contribution in [-0.4, -0.2) is 4.98 Å². The molecule has 1 N–H and O–H groups in total. The summed E-state index contributed by atoms with van der Waals surface area (Å²) >= 11 is 0. The van der Waals surface area contributed by atoms with Gasteiger partial charge in [0, 0.05) is 11.3 Å². The molecule has 0 fully saturated rings. The Kier molecular flexibility index (Phi) is 3.02. The van der Waals surface area contributed by atoms with Gasteiger partial charge < -0.3 is 4.98 Å². The topological polar surface area (TPSA) is 32.9 Å². The fourth-order valence-electron chi connectivity index (χ4n) is 2.95. The van der Waals surface area contributed by atoms with Crippen LogP contribution in [0.2, 0.25) is 0 Å². The minimum absolute atomic E-state index is 0.0332. The Bertz CT molecular complexity index is 642. The number of pyridine rings is 1. The molecule has 1 aromatic carbocycles. The monoisotopic (exact) mass is 253 g/mol. The van der Waals surface area contributed by atoms with Gasteiger partial charge in [-0.05, 0) is 41.9 Å². The molecule has 1 aliphatic carbocycles. The standard InChI is InChI=1S/C17H19NO/c1-11-8-9-14-10-15(13-6-4-3-5-7-13)17(19)18-16(14)12(11)2/h3-7,10-12H,8-9H2,1-2H3,(H,18,19). The number of nitrogens with one attached hydrogen (secondary N) is 1. The van der Waals surface area contributed by atoms with Gasteiger partial charge in [0.1, 0.15) is 0 Å². The predicted molar refractivity (Wildman–Crippen MR) is 78.4 cm³/mol. The molecule has 1 aliphatic rings. The first-order chi connectivity index (χ1) is 9.16. The molecule has 98 valence electrons. The van der Waals surface area contributed by atoms with Gasteiger partial charge in [0.05, 0.1) is 0 Å². The van der Waals surface area contributed by atoms with Crippen molar-refractivity contribution in [2.75, 3.05) is 0 Å². The Balaban J connectivity index is 2.14. The summed E-state index contributed by atoms with van der Waals surface area (Å²) in [6.45, 7) is 4.47. The third-order valence-electron chi connectivity index (χ3n) is 4.42. The highest BCUT2D eigenvalue weighted by Gasteiger charge is 2.24. The summed E-state index contributed by atoms with van der Waals surface area (Å²) in [7, 11) is 0. The predicted octanol–water partition coefficient (Wildman–Crippen LogP) is 3.73. The zero-order valence-electron chi connectivity index (χ0n) is 11.4. The van der Waals surface area contributed by atoms with E-state index < -0.39 is 0 Å². The molecule has 2 heteroatoms. The summed E-state index contributed by atoms with van der Waals surface area (Å²) < 4.78 is 0. The van der Waals surface area contributed by atoms with Gasteiger partial charge in [0.2, 0.25) is 0 Å². The maximum atomic E-state index is 12.3. The number of fused-ring (bicyclic) bond motifs is 1. The number of hydrogen-bond donors (Lipinski definition) is 1. The molecule has 2 atom stereocenters. The fourth-order valence-corrected chi connectivity index (χ4v) is 2.95. The van der Waals surface area contributed by atoms with E-state index in [-0.39, 0.29) is 5.56 Å². The molecule has 3 rings (SSSR count). The lowest BCUT2D eigenvalue weighted by Gasteiger charge is -2.28. The van der Waals surface area contributed by atoms with Gasteiger partial charge in [-0.2, -0.15) is 0 Å². The first kappa shape index (κ1) is 12.2. The van der Waals surface area contributed by atoms with Crippen LogP contribution in [-0.2, 0) is 6.42 Å². The van der Waals surface area contributed by atoms with E-state index in [9.17, 15) is 4.79 Å². The van der Waals surface area contributed by atoms with Crippen molar-refractivity contribution in [1.82, 2.24) is 4.98 Å². The summed E-state index contributed by atoms with van der Waals surface area (Å²) in [5.74, 6) is 1.09. The van der Waals surface area contributed by atoms with E-state index in [1.807, 2.05) is 30.3 Å². The lowest BCUT2D eigenvalue weighted by molar-refractivity contribution is 0.416. The molecule has 2 nitrogen and oxygen atoms in total. The summed E-state index contributed by atoms with van der Waals surface area (Å²) in [6, 6.07) is 12.0. The second-order valence-electron chi connectivity index (χ2n) is 5.62. The normalized spacial score (nSPS) is 22.0. The highest BCUT2D eigenvalue weighted by Crippen LogP contribution is 2.34. The van der Waals surface area contributed by atoms with Gasteiger partial charge >= 0.3 is 0 Å². The zero-order chi connectivity index (χ0) is 13.4. The molecule has 0 amide bonds. The van der Waals surface area contributed by atoms with Crippen molar-refractivity contribution in [2.24, 2.45) is 5.92 Å². The molecule has 0 saturated heterocycles. The van der Waals surface area contributed by atoms with Crippen LogP contribution in [0.15, 0.2) is 41.2 Å². The number of rotatable bonds is 1. The summed E-state index contributed by atoms with van der Waals surface area (Å²) in [6.07, 6.45) is 2.27. The van der Waals surface area contributed by atoms with E-state index in [1.165, 1.54) is 12.0 Å². The second-order valence-corrected chi connectivity index (χ2v) is 5.62. The summed E-state index contributed by atoms with van der Waals surface area (Å²) in [5, 5.41) is 0. The Hall–Kier alpha value is -1.83. The Morgan fingerprint density at radius 1 is 1.16 bits per heavy atom. The number of aryl methyl sites for hydroxylation is 1. The third kappa shape index (κ3) is 2.12. The second kappa shape index (κ2) is 4.69. The number of aromatic nitrogens is 1. The number of H-pyrrole nitrogens is 1. The quantitative estimate of drug-likeness (QED) is 0.825. The lowest BCUT2D eigenvalue weighted by atomic mass is 9.79. The van der Waals surface area contributed by atoms with Gasteiger partial charge in [-0.1, -0.05) is 44.2 Å². The number of hydrogen-bond acceptors (Lipinski definition) is 1. The van der Waals surface area contributed by atoms with Gasteiger partial charge in [-0.25, -0.2) is 0 Å². The molecular formula is C17H19NO. The highest BCUT2D eigenvalue weighted by molar-refractivity contribution is 5.63. The van der Waals surface area contributed by atoms with Crippen molar-refractivity contribution in [3.05, 3.63) is 58.0 Å². The van der Waals surface area contributed by atoms with Crippen LogP contribution in [0, 0.1) is 5.92 Å². The van der Waals surface area contributed by atoms with E-state index in [1.54, 1.807) is 0 Å². The number of benzene rings is 1. The smallest absolute Gasteiger partial charge is 0.256 e. The van der Waals surface area contributed by atoms with Gasteiger partial charge in [0.15, 0.2) is 0 Å². The van der Waals surface area contributed by atoms with Crippen molar-refractivity contribution >= 4 is 0 Å². The molecule has 0 spiro atoms. The molecule has 0 aliphatic heterocycles. The van der Waals surface area contributed by atoms with E-state index in [2.05, 4.69) is 24.9 Å². The van der Waals surface area contributed by atoms with Crippen LogP contribution in [0.25, 0.3) is 11.1 Å². The first-order valence-electron chi connectivity index (χ1n) is 6.98. The first-order valence-corrected chi connectivity index (χ1v) is 6.98. The molecule has 2 unspecified atom stereocenters. The summed E-state index contributed by atoms with van der Waals surface area (Å²) in [5.41, 5.74) is 4.28. The average Bonchev–Trinajstić information content (AvgIpc) is 2.44. The molecule has 19 heavy (non-hydrogen) atoms. The summed E-state index contributed by atoms with van der Waals surface area (Å²) in [4.78, 5) is 15.4. The Morgan fingerprint density at radius 2 is 1.89 bits per heavy atom. The van der Waals surface area contributed by atoms with Crippen LogP contribution in [0.4, 0.5) is 0 Å². The van der Waals surface area contributed by atoms with Crippen molar-refractivity contribution in [1.29, 1.82) is 0 Å². The molecule has 1 heterocycles. The molecule has 0 radical (unpaired) electrons. The molecule has 0 saturated carbocycles. The minimum atomic E-state index is 0.0332.